The molecule has 7 heteroatoms. The topological polar surface area (TPSA) is 70.0 Å². The zero-order valence-corrected chi connectivity index (χ0v) is 15.6. The number of rotatable bonds is 3. The minimum absolute atomic E-state index is 0.0743. The lowest BCUT2D eigenvalue weighted by molar-refractivity contribution is 0.104. The second-order valence-corrected chi connectivity index (χ2v) is 7.04. The molecule has 0 atom stereocenters. The Labute approximate surface area is 164 Å². The highest BCUT2D eigenvalue weighted by molar-refractivity contribution is 6.04. The highest BCUT2D eigenvalue weighted by Gasteiger charge is 2.29. The molecule has 0 bridgehead atoms. The van der Waals surface area contributed by atoms with Crippen LogP contribution < -0.4 is 5.43 Å². The van der Waals surface area contributed by atoms with E-state index in [1.165, 1.54) is 6.20 Å². The summed E-state index contributed by atoms with van der Waals surface area (Å²) >= 11 is 0. The van der Waals surface area contributed by atoms with E-state index in [0.717, 1.165) is 28.2 Å². The molecule has 0 saturated carbocycles. The van der Waals surface area contributed by atoms with Gasteiger partial charge in [0.1, 0.15) is 11.3 Å². The van der Waals surface area contributed by atoms with Crippen molar-refractivity contribution in [2.75, 3.05) is 0 Å². The van der Waals surface area contributed by atoms with Crippen LogP contribution in [0.3, 0.4) is 0 Å². The molecule has 0 saturated heterocycles. The second kappa shape index (κ2) is 6.13. The van der Waals surface area contributed by atoms with E-state index in [1.807, 2.05) is 31.4 Å². The fraction of sp³-hybridized carbons (Fsp3) is 0.136. The van der Waals surface area contributed by atoms with Gasteiger partial charge in [-0.15, -0.1) is 0 Å². The van der Waals surface area contributed by atoms with E-state index >= 15 is 4.39 Å². The molecule has 0 aliphatic carbocycles. The summed E-state index contributed by atoms with van der Waals surface area (Å²) in [5.41, 5.74) is 2.11. The van der Waals surface area contributed by atoms with Crippen LogP contribution in [0.5, 0.6) is 0 Å². The number of benzene rings is 1. The lowest BCUT2D eigenvalue weighted by Crippen LogP contribution is -2.25. The third kappa shape index (κ3) is 2.44. The van der Waals surface area contributed by atoms with Crippen LogP contribution in [-0.2, 0) is 20.0 Å². The zero-order chi connectivity index (χ0) is 20.3. The molecule has 3 aromatic heterocycles. The number of ketones is 1. The van der Waals surface area contributed by atoms with E-state index in [0.29, 0.717) is 24.3 Å². The van der Waals surface area contributed by atoms with Crippen LogP contribution in [-0.4, -0.2) is 20.1 Å². The first-order chi connectivity index (χ1) is 14.0. The summed E-state index contributed by atoms with van der Waals surface area (Å²) in [6.45, 7) is 3.81. The molecule has 0 N–H and O–H groups in total. The summed E-state index contributed by atoms with van der Waals surface area (Å²) in [5.74, 6) is -1.26. The minimum Gasteiger partial charge on any atom is -0.453 e. The lowest BCUT2D eigenvalue weighted by atomic mass is 9.98. The summed E-state index contributed by atoms with van der Waals surface area (Å²) in [6, 6.07) is 5.77. The van der Waals surface area contributed by atoms with E-state index in [-0.39, 0.29) is 11.3 Å². The predicted molar refractivity (Wildman–Crippen MR) is 106 cm³/mol. The van der Waals surface area contributed by atoms with Crippen molar-refractivity contribution < 1.29 is 13.6 Å². The van der Waals surface area contributed by atoms with Gasteiger partial charge in [-0.25, -0.2) is 4.39 Å². The zero-order valence-electron chi connectivity index (χ0n) is 15.6. The standard InChI is InChI=1S/C22H16FN3O3/c1-3-17(27)16-11-26-8-7-15-14-6-4-5-13(12-9-24-25(2)10-12)21(14)29-22(15)19(26)18(23)20(16)28/h3-6,9-11H,1,7-8H2,2H3. The van der Waals surface area contributed by atoms with E-state index in [1.54, 1.807) is 15.4 Å². The summed E-state index contributed by atoms with van der Waals surface area (Å²) in [7, 11) is 1.83. The first-order valence-electron chi connectivity index (χ1n) is 9.13. The molecule has 1 aromatic carbocycles. The van der Waals surface area contributed by atoms with Gasteiger partial charge in [0.05, 0.1) is 11.8 Å². The van der Waals surface area contributed by atoms with Crippen molar-refractivity contribution in [3.05, 3.63) is 76.6 Å². The number of carbonyl (C=O) groups is 1. The Balaban J connectivity index is 1.79. The Morgan fingerprint density at radius 2 is 2.17 bits per heavy atom. The number of fused-ring (bicyclic) bond motifs is 5. The average molecular weight is 389 g/mol. The molecule has 1 aliphatic heterocycles. The number of allylic oxidation sites excluding steroid dienone is 1. The van der Waals surface area contributed by atoms with Crippen molar-refractivity contribution in [3.63, 3.8) is 0 Å². The van der Waals surface area contributed by atoms with Gasteiger partial charge < -0.3 is 8.98 Å². The Hall–Kier alpha value is -3.74. The van der Waals surface area contributed by atoms with Crippen LogP contribution in [0, 0.1) is 5.82 Å². The maximum absolute atomic E-state index is 15.1. The number of nitrogens with zero attached hydrogens (tertiary/aromatic N) is 3. The van der Waals surface area contributed by atoms with E-state index < -0.39 is 17.0 Å². The molecule has 4 heterocycles. The maximum Gasteiger partial charge on any atom is 0.229 e. The number of furan rings is 1. The number of aryl methyl sites for hydroxylation is 3. The van der Waals surface area contributed by atoms with Crippen molar-refractivity contribution in [2.24, 2.45) is 7.05 Å². The average Bonchev–Trinajstić information content (AvgIpc) is 3.32. The van der Waals surface area contributed by atoms with Crippen LogP contribution in [0.15, 0.2) is 58.7 Å². The fourth-order valence-corrected chi connectivity index (χ4v) is 3.95. The molecular weight excluding hydrogens is 373 g/mol. The van der Waals surface area contributed by atoms with Gasteiger partial charge in [0, 0.05) is 48.1 Å². The van der Waals surface area contributed by atoms with Crippen molar-refractivity contribution in [1.29, 1.82) is 0 Å². The van der Waals surface area contributed by atoms with Gasteiger partial charge in [-0.05, 0) is 12.5 Å². The molecular formula is C22H16FN3O3. The molecule has 4 aromatic rings. The first-order valence-corrected chi connectivity index (χ1v) is 9.13. The SMILES string of the molecule is C=CC(=O)c1cn2c(c(F)c1=O)-c1oc3c(-c4cnn(C)c4)cccc3c1CC2. The number of aromatic nitrogens is 3. The first kappa shape index (κ1) is 17.4. The molecule has 5 rings (SSSR count). The Morgan fingerprint density at radius 3 is 2.90 bits per heavy atom. The number of halogens is 1. The monoisotopic (exact) mass is 389 g/mol. The summed E-state index contributed by atoms with van der Waals surface area (Å²) in [5, 5.41) is 5.09. The van der Waals surface area contributed by atoms with Crippen molar-refractivity contribution >= 4 is 16.8 Å². The molecule has 0 radical (unpaired) electrons. The van der Waals surface area contributed by atoms with Crippen molar-refractivity contribution in [1.82, 2.24) is 14.3 Å². The lowest BCUT2D eigenvalue weighted by Gasteiger charge is -2.19. The van der Waals surface area contributed by atoms with Crippen molar-refractivity contribution in [2.45, 2.75) is 13.0 Å². The van der Waals surface area contributed by atoms with Crippen LogP contribution in [0.1, 0.15) is 15.9 Å². The van der Waals surface area contributed by atoms with Gasteiger partial charge in [0.15, 0.2) is 17.4 Å². The highest BCUT2D eigenvalue weighted by atomic mass is 19.1. The van der Waals surface area contributed by atoms with Gasteiger partial charge in [-0.2, -0.15) is 5.10 Å². The number of carbonyl (C=O) groups excluding carboxylic acids is 1. The van der Waals surface area contributed by atoms with Crippen LogP contribution in [0.2, 0.25) is 0 Å². The van der Waals surface area contributed by atoms with Gasteiger partial charge in [0.2, 0.25) is 5.43 Å². The van der Waals surface area contributed by atoms with Crippen molar-refractivity contribution in [3.8, 4) is 22.6 Å². The second-order valence-electron chi connectivity index (χ2n) is 7.04. The minimum atomic E-state index is -0.986. The molecule has 144 valence electrons. The molecule has 0 spiro atoms. The van der Waals surface area contributed by atoms with Gasteiger partial charge in [0.25, 0.3) is 0 Å². The number of para-hydroxylation sites is 1. The molecule has 29 heavy (non-hydrogen) atoms. The van der Waals surface area contributed by atoms with Crippen LogP contribution >= 0.6 is 0 Å². The Kier molecular flexibility index (Phi) is 3.67. The maximum atomic E-state index is 15.1. The largest absolute Gasteiger partial charge is 0.453 e. The van der Waals surface area contributed by atoms with E-state index in [2.05, 4.69) is 11.7 Å². The highest BCUT2D eigenvalue weighted by Crippen LogP contribution is 2.41. The summed E-state index contributed by atoms with van der Waals surface area (Å²) in [6.07, 6.45) is 6.61. The smallest absolute Gasteiger partial charge is 0.229 e. The number of hydrogen-bond donors (Lipinski definition) is 0. The molecule has 6 nitrogen and oxygen atoms in total. The summed E-state index contributed by atoms with van der Waals surface area (Å²) < 4.78 is 24.5. The normalized spacial score (nSPS) is 12.6. The fourth-order valence-electron chi connectivity index (χ4n) is 3.95. The molecule has 0 amide bonds. The third-order valence-electron chi connectivity index (χ3n) is 5.33. The number of hydrogen-bond acceptors (Lipinski definition) is 4. The van der Waals surface area contributed by atoms with E-state index in [9.17, 15) is 9.59 Å². The quantitative estimate of drug-likeness (QED) is 0.396. The third-order valence-corrected chi connectivity index (χ3v) is 5.33. The van der Waals surface area contributed by atoms with Gasteiger partial charge >= 0.3 is 0 Å². The molecule has 0 fully saturated rings. The van der Waals surface area contributed by atoms with Crippen LogP contribution in [0.25, 0.3) is 33.6 Å². The Morgan fingerprint density at radius 1 is 1.34 bits per heavy atom. The van der Waals surface area contributed by atoms with Gasteiger partial charge in [-0.1, -0.05) is 24.8 Å². The van der Waals surface area contributed by atoms with E-state index in [4.69, 9.17) is 4.42 Å². The van der Waals surface area contributed by atoms with Gasteiger partial charge in [-0.3, -0.25) is 14.3 Å². The molecule has 1 aliphatic rings. The summed E-state index contributed by atoms with van der Waals surface area (Å²) in [4.78, 5) is 24.4. The Bertz CT molecular complexity index is 1390. The predicted octanol–water partition coefficient (Wildman–Crippen LogP) is 3.73. The number of pyridine rings is 1. The molecule has 0 unspecified atom stereocenters. The van der Waals surface area contributed by atoms with Crippen LogP contribution in [0.4, 0.5) is 4.39 Å².